The molecule has 2 rings (SSSR count). The van der Waals surface area contributed by atoms with E-state index in [2.05, 4.69) is 5.32 Å². The van der Waals surface area contributed by atoms with Crippen LogP contribution in [0.2, 0.25) is 0 Å². The Kier molecular flexibility index (Phi) is 6.78. The average Bonchev–Trinajstić information content (AvgIpc) is 2.53. The van der Waals surface area contributed by atoms with E-state index in [9.17, 15) is 4.79 Å². The number of piperidine rings is 1. The van der Waals surface area contributed by atoms with Crippen LogP contribution in [-0.4, -0.2) is 51.2 Å². The van der Waals surface area contributed by atoms with Crippen LogP contribution in [0, 0.1) is 0 Å². The highest BCUT2D eigenvalue weighted by Gasteiger charge is 2.25. The number of nitrogens with zero attached hydrogens (tertiary/aromatic N) is 1. The molecule has 0 atom stereocenters. The van der Waals surface area contributed by atoms with Gasteiger partial charge < -0.3 is 19.7 Å². The average molecular weight is 315 g/mol. The number of rotatable bonds is 4. The standard InChI is InChI=1S/C15H22N2O3.ClH/c1-16-11-7-9-17(10-8-11)15(18)12-5-4-6-13(19-2)14(12)20-3;/h4-6,11,16H,7-10H2,1-3H3;1H. The number of hydrogen-bond acceptors (Lipinski definition) is 4. The van der Waals surface area contributed by atoms with E-state index in [1.54, 1.807) is 26.4 Å². The summed E-state index contributed by atoms with van der Waals surface area (Å²) in [7, 11) is 5.10. The van der Waals surface area contributed by atoms with Crippen molar-refractivity contribution in [2.24, 2.45) is 0 Å². The van der Waals surface area contributed by atoms with Crippen molar-refractivity contribution in [1.29, 1.82) is 0 Å². The zero-order chi connectivity index (χ0) is 14.5. The normalized spacial score (nSPS) is 15.3. The Hall–Kier alpha value is -1.46. The Morgan fingerprint density at radius 2 is 1.90 bits per heavy atom. The number of hydrogen-bond donors (Lipinski definition) is 1. The fourth-order valence-electron chi connectivity index (χ4n) is 2.60. The zero-order valence-electron chi connectivity index (χ0n) is 12.7. The summed E-state index contributed by atoms with van der Waals surface area (Å²) >= 11 is 0. The smallest absolute Gasteiger partial charge is 0.257 e. The van der Waals surface area contributed by atoms with Gasteiger partial charge in [-0.25, -0.2) is 0 Å². The first-order valence-electron chi connectivity index (χ1n) is 6.88. The third-order valence-electron chi connectivity index (χ3n) is 3.82. The second kappa shape index (κ2) is 8.10. The van der Waals surface area contributed by atoms with E-state index in [0.29, 0.717) is 23.1 Å². The lowest BCUT2D eigenvalue weighted by molar-refractivity contribution is 0.0703. The molecule has 1 aromatic rings. The number of amides is 1. The Balaban J connectivity index is 0.00000220. The van der Waals surface area contributed by atoms with Crippen LogP contribution in [0.5, 0.6) is 11.5 Å². The van der Waals surface area contributed by atoms with Crippen LogP contribution in [0.4, 0.5) is 0 Å². The van der Waals surface area contributed by atoms with Crippen LogP contribution in [0.1, 0.15) is 23.2 Å². The lowest BCUT2D eigenvalue weighted by Crippen LogP contribution is -2.44. The molecule has 1 saturated heterocycles. The number of carbonyl (C=O) groups excluding carboxylic acids is 1. The summed E-state index contributed by atoms with van der Waals surface area (Å²) in [5.41, 5.74) is 0.565. The number of likely N-dealkylation sites (tertiary alicyclic amines) is 1. The number of methoxy groups -OCH3 is 2. The van der Waals surface area contributed by atoms with Gasteiger partial charge in [-0.3, -0.25) is 4.79 Å². The molecule has 1 aromatic carbocycles. The minimum absolute atomic E-state index is 0. The molecule has 1 aliphatic heterocycles. The van der Waals surface area contributed by atoms with Crippen molar-refractivity contribution in [1.82, 2.24) is 10.2 Å². The molecule has 0 radical (unpaired) electrons. The summed E-state index contributed by atoms with van der Waals surface area (Å²) in [6.45, 7) is 1.54. The fraction of sp³-hybridized carbons (Fsp3) is 0.533. The summed E-state index contributed by atoms with van der Waals surface area (Å²) in [6, 6.07) is 5.90. The van der Waals surface area contributed by atoms with Gasteiger partial charge in [0.25, 0.3) is 5.91 Å². The van der Waals surface area contributed by atoms with Gasteiger partial charge in [0, 0.05) is 19.1 Å². The van der Waals surface area contributed by atoms with Crippen molar-refractivity contribution < 1.29 is 14.3 Å². The molecule has 0 unspecified atom stereocenters. The summed E-state index contributed by atoms with van der Waals surface area (Å²) in [4.78, 5) is 14.5. The van der Waals surface area contributed by atoms with E-state index in [1.165, 1.54) is 0 Å². The topological polar surface area (TPSA) is 50.8 Å². The van der Waals surface area contributed by atoms with Gasteiger partial charge in [0.2, 0.25) is 0 Å². The van der Waals surface area contributed by atoms with Crippen LogP contribution in [-0.2, 0) is 0 Å². The van der Waals surface area contributed by atoms with E-state index < -0.39 is 0 Å². The summed E-state index contributed by atoms with van der Waals surface area (Å²) in [5, 5.41) is 3.26. The van der Waals surface area contributed by atoms with E-state index in [1.807, 2.05) is 18.0 Å². The minimum atomic E-state index is 0. The highest BCUT2D eigenvalue weighted by Crippen LogP contribution is 2.31. The molecule has 0 spiro atoms. The molecule has 1 heterocycles. The van der Waals surface area contributed by atoms with Gasteiger partial charge in [0.15, 0.2) is 11.5 Å². The minimum Gasteiger partial charge on any atom is -0.493 e. The van der Waals surface area contributed by atoms with Crippen molar-refractivity contribution >= 4 is 18.3 Å². The predicted octanol–water partition coefficient (Wildman–Crippen LogP) is 1.95. The molecule has 0 aromatic heterocycles. The molecule has 21 heavy (non-hydrogen) atoms. The van der Waals surface area contributed by atoms with Crippen molar-refractivity contribution in [3.8, 4) is 11.5 Å². The van der Waals surface area contributed by atoms with Crippen molar-refractivity contribution in [3.63, 3.8) is 0 Å². The van der Waals surface area contributed by atoms with Crippen molar-refractivity contribution in [2.75, 3.05) is 34.4 Å². The van der Waals surface area contributed by atoms with Gasteiger partial charge in [-0.15, -0.1) is 12.4 Å². The Morgan fingerprint density at radius 1 is 1.24 bits per heavy atom. The van der Waals surface area contributed by atoms with Crippen LogP contribution in [0.25, 0.3) is 0 Å². The predicted molar refractivity (Wildman–Crippen MR) is 84.8 cm³/mol. The number of ether oxygens (including phenoxy) is 2. The quantitative estimate of drug-likeness (QED) is 0.923. The molecular weight excluding hydrogens is 292 g/mol. The molecular formula is C15H23ClN2O3. The molecule has 1 N–H and O–H groups in total. The first-order valence-corrected chi connectivity index (χ1v) is 6.88. The van der Waals surface area contributed by atoms with E-state index >= 15 is 0 Å². The number of halogens is 1. The van der Waals surface area contributed by atoms with Crippen molar-refractivity contribution in [2.45, 2.75) is 18.9 Å². The molecule has 0 bridgehead atoms. The van der Waals surface area contributed by atoms with E-state index in [4.69, 9.17) is 9.47 Å². The molecule has 0 saturated carbocycles. The Morgan fingerprint density at radius 3 is 2.43 bits per heavy atom. The summed E-state index contributed by atoms with van der Waals surface area (Å²) in [5.74, 6) is 1.11. The van der Waals surface area contributed by atoms with Crippen LogP contribution >= 0.6 is 12.4 Å². The summed E-state index contributed by atoms with van der Waals surface area (Å²) < 4.78 is 10.6. The largest absolute Gasteiger partial charge is 0.493 e. The molecule has 5 nitrogen and oxygen atoms in total. The third kappa shape index (κ3) is 3.80. The van der Waals surface area contributed by atoms with Gasteiger partial charge in [-0.05, 0) is 32.0 Å². The number of benzene rings is 1. The highest BCUT2D eigenvalue weighted by molar-refractivity contribution is 5.97. The lowest BCUT2D eigenvalue weighted by atomic mass is 10.0. The maximum atomic E-state index is 12.6. The van der Waals surface area contributed by atoms with Gasteiger partial charge in [0.05, 0.1) is 19.8 Å². The molecule has 1 amide bonds. The second-order valence-corrected chi connectivity index (χ2v) is 4.90. The van der Waals surface area contributed by atoms with Gasteiger partial charge in [-0.1, -0.05) is 6.07 Å². The number of para-hydroxylation sites is 1. The third-order valence-corrected chi connectivity index (χ3v) is 3.82. The summed E-state index contributed by atoms with van der Waals surface area (Å²) in [6.07, 6.45) is 1.96. The van der Waals surface area contributed by atoms with E-state index in [0.717, 1.165) is 25.9 Å². The van der Waals surface area contributed by atoms with Gasteiger partial charge in [0.1, 0.15) is 0 Å². The van der Waals surface area contributed by atoms with Gasteiger partial charge >= 0.3 is 0 Å². The van der Waals surface area contributed by atoms with Crippen molar-refractivity contribution in [3.05, 3.63) is 23.8 Å². The Bertz CT molecular complexity index is 474. The number of carbonyl (C=O) groups is 1. The van der Waals surface area contributed by atoms with Crippen LogP contribution in [0.15, 0.2) is 18.2 Å². The SMILES string of the molecule is CNC1CCN(C(=O)c2cccc(OC)c2OC)CC1.Cl. The fourth-order valence-corrected chi connectivity index (χ4v) is 2.60. The molecule has 0 aliphatic carbocycles. The first-order chi connectivity index (χ1) is 9.71. The monoisotopic (exact) mass is 314 g/mol. The molecule has 6 heteroatoms. The highest BCUT2D eigenvalue weighted by atomic mass is 35.5. The van der Waals surface area contributed by atoms with Gasteiger partial charge in [-0.2, -0.15) is 0 Å². The maximum Gasteiger partial charge on any atom is 0.257 e. The first kappa shape index (κ1) is 17.6. The number of nitrogens with one attached hydrogen (secondary N) is 1. The zero-order valence-corrected chi connectivity index (χ0v) is 13.5. The maximum absolute atomic E-state index is 12.6. The van der Waals surface area contributed by atoms with Crippen LogP contribution in [0.3, 0.4) is 0 Å². The van der Waals surface area contributed by atoms with E-state index in [-0.39, 0.29) is 18.3 Å². The van der Waals surface area contributed by atoms with Crippen LogP contribution < -0.4 is 14.8 Å². The molecule has 1 aliphatic rings. The second-order valence-electron chi connectivity index (χ2n) is 4.90. The Labute approximate surface area is 132 Å². The molecule has 118 valence electrons. The molecule has 1 fully saturated rings. The lowest BCUT2D eigenvalue weighted by Gasteiger charge is -2.32.